The zero-order valence-electron chi connectivity index (χ0n) is 14.7. The Morgan fingerprint density at radius 1 is 1.07 bits per heavy atom. The van der Waals surface area contributed by atoms with E-state index in [1.807, 2.05) is 18.2 Å². The van der Waals surface area contributed by atoms with Gasteiger partial charge in [-0.25, -0.2) is 23.7 Å². The van der Waals surface area contributed by atoms with Gasteiger partial charge in [-0.15, -0.1) is 11.6 Å². The van der Waals surface area contributed by atoms with Gasteiger partial charge in [-0.3, -0.25) is 0 Å². The van der Waals surface area contributed by atoms with Crippen LogP contribution in [0.1, 0.15) is 5.56 Å². The number of aromatic nitrogens is 3. The Morgan fingerprint density at radius 2 is 1.93 bits per heavy atom. The van der Waals surface area contributed by atoms with E-state index in [9.17, 15) is 8.78 Å². The Kier molecular flexibility index (Phi) is 5.06. The second kappa shape index (κ2) is 7.65. The van der Waals surface area contributed by atoms with Gasteiger partial charge in [0.15, 0.2) is 16.8 Å². The van der Waals surface area contributed by atoms with Crippen LogP contribution in [0.5, 0.6) is 0 Å². The van der Waals surface area contributed by atoms with E-state index in [2.05, 4.69) is 20.3 Å². The normalized spacial score (nSPS) is 11.0. The van der Waals surface area contributed by atoms with Crippen LogP contribution in [0.2, 0.25) is 0 Å². The fourth-order valence-electron chi connectivity index (χ4n) is 2.61. The summed E-state index contributed by atoms with van der Waals surface area (Å²) in [5.74, 6) is -0.141. The van der Waals surface area contributed by atoms with Crippen molar-refractivity contribution >= 4 is 55.7 Å². The highest BCUT2D eigenvalue weighted by molar-refractivity contribution is 7.21. The Morgan fingerprint density at radius 3 is 2.71 bits per heavy atom. The van der Waals surface area contributed by atoms with Crippen molar-refractivity contribution in [3.8, 4) is 0 Å². The largest absolute Gasteiger partial charge is 0.329 e. The third-order valence-electron chi connectivity index (χ3n) is 4.09. The number of alkyl halides is 1. The lowest BCUT2D eigenvalue weighted by atomic mass is 10.2. The molecule has 0 unspecified atom stereocenters. The summed E-state index contributed by atoms with van der Waals surface area (Å²) in [6.45, 7) is 0. The molecule has 4 rings (SSSR count). The molecule has 1 N–H and O–H groups in total. The van der Waals surface area contributed by atoms with E-state index in [1.54, 1.807) is 24.2 Å². The van der Waals surface area contributed by atoms with Crippen molar-refractivity contribution in [1.82, 2.24) is 15.0 Å². The first-order chi connectivity index (χ1) is 13.5. The first-order valence-electron chi connectivity index (χ1n) is 8.28. The lowest BCUT2D eigenvalue weighted by molar-refractivity contribution is 0.509. The maximum atomic E-state index is 13.5. The predicted molar refractivity (Wildman–Crippen MR) is 109 cm³/mol. The minimum absolute atomic E-state index is 0.401. The third-order valence-corrected chi connectivity index (χ3v) is 5.28. The summed E-state index contributed by atoms with van der Waals surface area (Å²) in [7, 11) is 1.74. The Hall–Kier alpha value is -2.84. The molecule has 0 aliphatic heterocycles. The molecule has 0 atom stereocenters. The highest BCUT2D eigenvalue weighted by Crippen LogP contribution is 2.30. The van der Waals surface area contributed by atoms with Crippen molar-refractivity contribution in [2.24, 2.45) is 0 Å². The van der Waals surface area contributed by atoms with Gasteiger partial charge < -0.3 is 10.2 Å². The lowest BCUT2D eigenvalue weighted by Gasteiger charge is -2.18. The standard InChI is InChI=1S/C19H14ClF2N5S/c1-27(12-2-3-13(21)14(22)9-12)17-5-4-15-18(26-17)28-19(24-15)25-16-8-11(10-20)6-7-23-16/h2-9H,10H2,1H3,(H,23,24,25). The van der Waals surface area contributed by atoms with Crippen LogP contribution in [-0.4, -0.2) is 22.0 Å². The van der Waals surface area contributed by atoms with Gasteiger partial charge in [0.25, 0.3) is 0 Å². The maximum Gasteiger partial charge on any atom is 0.190 e. The molecule has 4 aromatic rings. The third kappa shape index (κ3) is 3.74. The fourth-order valence-corrected chi connectivity index (χ4v) is 3.62. The molecule has 0 aliphatic rings. The number of pyridine rings is 2. The van der Waals surface area contributed by atoms with E-state index in [4.69, 9.17) is 11.6 Å². The summed E-state index contributed by atoms with van der Waals surface area (Å²) < 4.78 is 26.7. The molecule has 3 heterocycles. The second-order valence-corrected chi connectivity index (χ2v) is 7.22. The van der Waals surface area contributed by atoms with Gasteiger partial charge in [0.05, 0.1) is 0 Å². The molecule has 1 aromatic carbocycles. The fraction of sp³-hybridized carbons (Fsp3) is 0.105. The van der Waals surface area contributed by atoms with E-state index in [0.717, 1.165) is 23.2 Å². The molecular weight excluding hydrogens is 404 g/mol. The molecule has 28 heavy (non-hydrogen) atoms. The van der Waals surface area contributed by atoms with Gasteiger partial charge in [0.2, 0.25) is 0 Å². The molecule has 0 aliphatic carbocycles. The minimum Gasteiger partial charge on any atom is -0.329 e. The summed E-state index contributed by atoms with van der Waals surface area (Å²) in [5, 5.41) is 3.80. The van der Waals surface area contributed by atoms with Crippen molar-refractivity contribution in [1.29, 1.82) is 0 Å². The van der Waals surface area contributed by atoms with Gasteiger partial charge in [-0.1, -0.05) is 11.3 Å². The number of rotatable bonds is 5. The SMILES string of the molecule is CN(c1ccc(F)c(F)c1)c1ccc2nc(Nc3cc(CCl)ccn3)sc2n1. The predicted octanol–water partition coefficient (Wildman–Crippen LogP) is 5.61. The first-order valence-corrected chi connectivity index (χ1v) is 9.63. The number of hydrogen-bond donors (Lipinski definition) is 1. The molecule has 0 bridgehead atoms. The van der Waals surface area contributed by atoms with E-state index in [0.29, 0.717) is 33.2 Å². The van der Waals surface area contributed by atoms with Gasteiger partial charge in [0, 0.05) is 30.9 Å². The number of benzene rings is 1. The first kappa shape index (κ1) is 18.5. The summed E-state index contributed by atoms with van der Waals surface area (Å²) in [6.07, 6.45) is 1.68. The smallest absolute Gasteiger partial charge is 0.190 e. The lowest BCUT2D eigenvalue weighted by Crippen LogP contribution is -2.11. The second-order valence-electron chi connectivity index (χ2n) is 5.98. The molecule has 0 saturated carbocycles. The van der Waals surface area contributed by atoms with Crippen LogP contribution in [0.3, 0.4) is 0 Å². The van der Waals surface area contributed by atoms with Gasteiger partial charge in [-0.05, 0) is 42.0 Å². The van der Waals surface area contributed by atoms with E-state index >= 15 is 0 Å². The summed E-state index contributed by atoms with van der Waals surface area (Å²) in [5.41, 5.74) is 2.17. The van der Waals surface area contributed by atoms with Gasteiger partial charge in [0.1, 0.15) is 22.0 Å². The molecule has 0 spiro atoms. The maximum absolute atomic E-state index is 13.5. The quantitative estimate of drug-likeness (QED) is 0.427. The number of thiazole rings is 1. The van der Waals surface area contributed by atoms with Crippen molar-refractivity contribution < 1.29 is 8.78 Å². The molecule has 0 amide bonds. The van der Waals surface area contributed by atoms with Crippen LogP contribution >= 0.6 is 22.9 Å². The van der Waals surface area contributed by atoms with E-state index < -0.39 is 11.6 Å². The summed E-state index contributed by atoms with van der Waals surface area (Å²) >= 11 is 7.23. The summed E-state index contributed by atoms with van der Waals surface area (Å²) in [6, 6.07) is 11.0. The molecule has 5 nitrogen and oxygen atoms in total. The number of fused-ring (bicyclic) bond motifs is 1. The molecule has 0 radical (unpaired) electrons. The number of nitrogens with one attached hydrogen (secondary N) is 1. The van der Waals surface area contributed by atoms with Crippen LogP contribution in [-0.2, 0) is 5.88 Å². The molecule has 3 aromatic heterocycles. The van der Waals surface area contributed by atoms with Crippen LogP contribution in [0.15, 0.2) is 48.7 Å². The monoisotopic (exact) mass is 417 g/mol. The number of hydrogen-bond acceptors (Lipinski definition) is 6. The van der Waals surface area contributed by atoms with Crippen molar-refractivity contribution in [3.63, 3.8) is 0 Å². The topological polar surface area (TPSA) is 53.9 Å². The molecule has 0 saturated heterocycles. The van der Waals surface area contributed by atoms with Crippen molar-refractivity contribution in [3.05, 3.63) is 65.9 Å². The average molecular weight is 418 g/mol. The van der Waals surface area contributed by atoms with E-state index in [-0.39, 0.29) is 0 Å². The Bertz CT molecular complexity index is 1150. The van der Waals surface area contributed by atoms with Crippen molar-refractivity contribution in [2.75, 3.05) is 17.3 Å². The zero-order chi connectivity index (χ0) is 19.7. The van der Waals surface area contributed by atoms with Crippen LogP contribution in [0.4, 0.5) is 31.2 Å². The Balaban J connectivity index is 1.61. The van der Waals surface area contributed by atoms with Gasteiger partial charge in [-0.2, -0.15) is 0 Å². The highest BCUT2D eigenvalue weighted by atomic mass is 35.5. The minimum atomic E-state index is -0.901. The highest BCUT2D eigenvalue weighted by Gasteiger charge is 2.12. The van der Waals surface area contributed by atoms with Crippen LogP contribution in [0, 0.1) is 11.6 Å². The Labute approximate surface area is 168 Å². The molecular formula is C19H14ClF2N5S. The summed E-state index contributed by atoms with van der Waals surface area (Å²) in [4.78, 5) is 15.7. The molecule has 142 valence electrons. The zero-order valence-corrected chi connectivity index (χ0v) is 16.2. The van der Waals surface area contributed by atoms with Crippen molar-refractivity contribution in [2.45, 2.75) is 5.88 Å². The van der Waals surface area contributed by atoms with E-state index in [1.165, 1.54) is 17.4 Å². The van der Waals surface area contributed by atoms with Gasteiger partial charge >= 0.3 is 0 Å². The van der Waals surface area contributed by atoms with Crippen LogP contribution in [0.25, 0.3) is 10.3 Å². The number of anilines is 4. The number of halogens is 3. The molecule has 0 fully saturated rings. The average Bonchev–Trinajstić information content (AvgIpc) is 3.11. The number of nitrogens with zero attached hydrogens (tertiary/aromatic N) is 4. The van der Waals surface area contributed by atoms with Crippen LogP contribution < -0.4 is 10.2 Å². The molecule has 9 heteroatoms.